The molecule has 0 radical (unpaired) electrons. The first-order valence-corrected chi connectivity index (χ1v) is 5.84. The van der Waals surface area contributed by atoms with Crippen LogP contribution in [0.4, 0.5) is 20.2 Å². The van der Waals surface area contributed by atoms with E-state index < -0.39 is 22.2 Å². The van der Waals surface area contributed by atoms with E-state index >= 15 is 0 Å². The Labute approximate surface area is 113 Å². The number of pyridine rings is 1. The number of nitro groups is 1. The lowest BCUT2D eigenvalue weighted by Crippen LogP contribution is -2.08. The number of nitrogens with zero attached hydrogens (tertiary/aromatic N) is 2. The van der Waals surface area contributed by atoms with Gasteiger partial charge in [-0.15, -0.1) is 0 Å². The lowest BCUT2D eigenvalue weighted by Gasteiger charge is -2.08. The molecule has 20 heavy (non-hydrogen) atoms. The summed E-state index contributed by atoms with van der Waals surface area (Å²) in [5.41, 5.74) is 0.0507. The molecule has 7 heteroatoms. The Bertz CT molecular complexity index is 621. The van der Waals surface area contributed by atoms with Crippen LogP contribution < -0.4 is 5.32 Å². The molecule has 0 saturated heterocycles. The third-order valence-corrected chi connectivity index (χ3v) is 2.69. The van der Waals surface area contributed by atoms with E-state index in [1.807, 2.05) is 0 Å². The van der Waals surface area contributed by atoms with Crippen molar-refractivity contribution in [3.05, 3.63) is 64.0 Å². The number of benzene rings is 1. The minimum absolute atomic E-state index is 0.165. The number of hydrogen-bond acceptors (Lipinski definition) is 4. The van der Waals surface area contributed by atoms with E-state index in [-0.39, 0.29) is 5.69 Å². The number of hydrogen-bond donors (Lipinski definition) is 1. The van der Waals surface area contributed by atoms with Gasteiger partial charge in [0.15, 0.2) is 0 Å². The van der Waals surface area contributed by atoms with Crippen LogP contribution in [0.1, 0.15) is 5.56 Å². The predicted molar refractivity (Wildman–Crippen MR) is 69.4 cm³/mol. The Balaban J connectivity index is 2.11. The first-order chi connectivity index (χ1) is 9.58. The number of rotatable bonds is 5. The summed E-state index contributed by atoms with van der Waals surface area (Å²) in [6, 6.07) is 4.99. The number of nitro benzene ring substituents is 1. The zero-order valence-corrected chi connectivity index (χ0v) is 10.3. The van der Waals surface area contributed by atoms with Crippen molar-refractivity contribution in [1.82, 2.24) is 4.98 Å². The number of nitrogens with one attached hydrogen (secondary N) is 1. The molecule has 0 saturated carbocycles. The molecule has 0 aliphatic heterocycles. The van der Waals surface area contributed by atoms with E-state index in [1.54, 1.807) is 24.5 Å². The highest BCUT2D eigenvalue weighted by Crippen LogP contribution is 2.28. The van der Waals surface area contributed by atoms with Gasteiger partial charge < -0.3 is 5.32 Å². The molecule has 104 valence electrons. The molecular weight excluding hydrogens is 268 g/mol. The van der Waals surface area contributed by atoms with Gasteiger partial charge >= 0.3 is 5.69 Å². The van der Waals surface area contributed by atoms with Crippen molar-refractivity contribution < 1.29 is 13.7 Å². The highest BCUT2D eigenvalue weighted by atomic mass is 19.1. The SMILES string of the molecule is O=[N+]([O-])c1c(F)cc(F)cc1NCCc1ccncc1. The van der Waals surface area contributed by atoms with Gasteiger partial charge in [0.2, 0.25) is 5.82 Å². The van der Waals surface area contributed by atoms with Crippen molar-refractivity contribution in [2.75, 3.05) is 11.9 Å². The summed E-state index contributed by atoms with van der Waals surface area (Å²) >= 11 is 0. The second-order valence-electron chi connectivity index (χ2n) is 4.07. The Kier molecular flexibility index (Phi) is 4.19. The average Bonchev–Trinajstić information content (AvgIpc) is 2.38. The smallest absolute Gasteiger partial charge is 0.327 e. The molecule has 0 atom stereocenters. The van der Waals surface area contributed by atoms with E-state index in [0.717, 1.165) is 11.6 Å². The third kappa shape index (κ3) is 3.25. The lowest BCUT2D eigenvalue weighted by atomic mass is 10.2. The van der Waals surface area contributed by atoms with Crippen LogP contribution in [0.15, 0.2) is 36.7 Å². The molecule has 0 spiro atoms. The van der Waals surface area contributed by atoms with E-state index in [2.05, 4.69) is 10.3 Å². The fourth-order valence-electron chi connectivity index (χ4n) is 1.78. The molecule has 1 aromatic carbocycles. The third-order valence-electron chi connectivity index (χ3n) is 2.69. The molecule has 0 aliphatic carbocycles. The molecule has 0 aliphatic rings. The fraction of sp³-hybridized carbons (Fsp3) is 0.154. The van der Waals surface area contributed by atoms with E-state index in [4.69, 9.17) is 0 Å². The zero-order valence-electron chi connectivity index (χ0n) is 10.3. The first-order valence-electron chi connectivity index (χ1n) is 5.84. The molecule has 1 N–H and O–H groups in total. The van der Waals surface area contributed by atoms with Gasteiger partial charge in [-0.2, -0.15) is 4.39 Å². The monoisotopic (exact) mass is 279 g/mol. The Hall–Kier alpha value is -2.57. The van der Waals surface area contributed by atoms with Crippen molar-refractivity contribution >= 4 is 11.4 Å². The lowest BCUT2D eigenvalue weighted by molar-refractivity contribution is -0.386. The fourth-order valence-corrected chi connectivity index (χ4v) is 1.78. The second kappa shape index (κ2) is 6.05. The van der Waals surface area contributed by atoms with Gasteiger partial charge in [-0.1, -0.05) is 0 Å². The molecular formula is C13H11F2N3O2. The van der Waals surface area contributed by atoms with Crippen LogP contribution in [0.25, 0.3) is 0 Å². The van der Waals surface area contributed by atoms with Crippen LogP contribution in [0.3, 0.4) is 0 Å². The van der Waals surface area contributed by atoms with Crippen LogP contribution in [0.2, 0.25) is 0 Å². The molecule has 5 nitrogen and oxygen atoms in total. The summed E-state index contributed by atoms with van der Waals surface area (Å²) in [6.07, 6.45) is 3.80. The molecule has 0 fully saturated rings. The van der Waals surface area contributed by atoms with Crippen molar-refractivity contribution in [3.63, 3.8) is 0 Å². The Morgan fingerprint density at radius 2 is 1.95 bits per heavy atom. The van der Waals surface area contributed by atoms with E-state index in [0.29, 0.717) is 19.0 Å². The minimum atomic E-state index is -1.19. The normalized spacial score (nSPS) is 10.3. The number of anilines is 1. The van der Waals surface area contributed by atoms with Crippen molar-refractivity contribution in [1.29, 1.82) is 0 Å². The van der Waals surface area contributed by atoms with Gasteiger partial charge in [0.05, 0.1) is 4.92 Å². The van der Waals surface area contributed by atoms with Crippen molar-refractivity contribution in [3.8, 4) is 0 Å². The van der Waals surface area contributed by atoms with Crippen LogP contribution in [-0.2, 0) is 6.42 Å². The highest BCUT2D eigenvalue weighted by Gasteiger charge is 2.21. The zero-order chi connectivity index (χ0) is 14.5. The van der Waals surface area contributed by atoms with Crippen LogP contribution in [-0.4, -0.2) is 16.5 Å². The van der Waals surface area contributed by atoms with Crippen LogP contribution >= 0.6 is 0 Å². The van der Waals surface area contributed by atoms with Gasteiger partial charge in [0, 0.05) is 31.1 Å². The summed E-state index contributed by atoms with van der Waals surface area (Å²) in [7, 11) is 0. The maximum atomic E-state index is 13.4. The maximum absolute atomic E-state index is 13.4. The number of aromatic nitrogens is 1. The Morgan fingerprint density at radius 3 is 2.60 bits per heavy atom. The van der Waals surface area contributed by atoms with Gasteiger partial charge in [-0.05, 0) is 24.1 Å². The van der Waals surface area contributed by atoms with Crippen molar-refractivity contribution in [2.45, 2.75) is 6.42 Å². The quantitative estimate of drug-likeness (QED) is 0.675. The van der Waals surface area contributed by atoms with E-state index in [9.17, 15) is 18.9 Å². The molecule has 0 amide bonds. The Morgan fingerprint density at radius 1 is 1.25 bits per heavy atom. The highest BCUT2D eigenvalue weighted by molar-refractivity contribution is 5.62. The van der Waals surface area contributed by atoms with Crippen LogP contribution in [0.5, 0.6) is 0 Å². The molecule has 2 aromatic rings. The van der Waals surface area contributed by atoms with Gasteiger partial charge in [-0.25, -0.2) is 4.39 Å². The van der Waals surface area contributed by atoms with E-state index in [1.165, 1.54) is 0 Å². The molecule has 1 heterocycles. The standard InChI is InChI=1S/C13H11F2N3O2/c14-10-7-11(15)13(18(19)20)12(8-10)17-6-3-9-1-4-16-5-2-9/h1-2,4-5,7-8,17H,3,6H2. The summed E-state index contributed by atoms with van der Waals surface area (Å²) < 4.78 is 26.5. The summed E-state index contributed by atoms with van der Waals surface area (Å²) in [6.45, 7) is 0.313. The summed E-state index contributed by atoms with van der Waals surface area (Å²) in [4.78, 5) is 13.8. The average molecular weight is 279 g/mol. The topological polar surface area (TPSA) is 68.1 Å². The molecule has 2 rings (SSSR count). The largest absolute Gasteiger partial charge is 0.379 e. The van der Waals surface area contributed by atoms with Gasteiger partial charge in [0.25, 0.3) is 0 Å². The minimum Gasteiger partial charge on any atom is -0.379 e. The number of halogens is 2. The van der Waals surface area contributed by atoms with Crippen molar-refractivity contribution in [2.24, 2.45) is 0 Å². The molecule has 0 bridgehead atoms. The van der Waals surface area contributed by atoms with Crippen LogP contribution in [0, 0.1) is 21.7 Å². The molecule has 1 aromatic heterocycles. The summed E-state index contributed by atoms with van der Waals surface area (Å²) in [5, 5.41) is 13.5. The van der Waals surface area contributed by atoms with Gasteiger partial charge in [0.1, 0.15) is 11.5 Å². The van der Waals surface area contributed by atoms with Gasteiger partial charge in [-0.3, -0.25) is 15.1 Å². The second-order valence-corrected chi connectivity index (χ2v) is 4.07. The molecule has 0 unspecified atom stereocenters. The first kappa shape index (κ1) is 13.9. The maximum Gasteiger partial charge on any atom is 0.327 e. The summed E-state index contributed by atoms with van der Waals surface area (Å²) in [5.74, 6) is -2.05. The predicted octanol–water partition coefficient (Wildman–Crippen LogP) is 2.92.